The van der Waals surface area contributed by atoms with Crippen LogP contribution in [-0.4, -0.2) is 47.9 Å². The number of primary amides is 1. The maximum absolute atomic E-state index is 14.5. The highest BCUT2D eigenvalue weighted by Gasteiger charge is 2.37. The number of likely N-dealkylation sites (tertiary alicyclic amines) is 1. The highest BCUT2D eigenvalue weighted by molar-refractivity contribution is 5.89. The van der Waals surface area contributed by atoms with Crippen LogP contribution in [0, 0.1) is 5.92 Å². The third kappa shape index (κ3) is 7.56. The van der Waals surface area contributed by atoms with Gasteiger partial charge in [-0.15, -0.1) is 0 Å². The van der Waals surface area contributed by atoms with Gasteiger partial charge in [0.2, 0.25) is 11.8 Å². The Morgan fingerprint density at radius 1 is 0.943 bits per heavy atom. The lowest BCUT2D eigenvalue weighted by Gasteiger charge is -2.39. The number of carbonyl (C=O) groups excluding carboxylic acids is 2. The average Bonchev–Trinajstić information content (AvgIpc) is 2.83. The summed E-state index contributed by atoms with van der Waals surface area (Å²) in [5.41, 5.74) is 7.82. The first-order valence-corrected chi connectivity index (χ1v) is 12.9. The fourth-order valence-electron chi connectivity index (χ4n) is 4.95. The molecule has 2 aromatic rings. The van der Waals surface area contributed by atoms with E-state index in [-0.39, 0.29) is 11.8 Å². The fraction of sp³-hybridized carbons (Fsp3) is 0.517. The lowest BCUT2D eigenvalue weighted by molar-refractivity contribution is -0.145. The normalized spacial score (nSPS) is 16.7. The molecule has 2 atom stereocenters. The molecule has 1 fully saturated rings. The van der Waals surface area contributed by atoms with Crippen LogP contribution in [0.5, 0.6) is 5.75 Å². The number of nitrogens with two attached hydrogens (primary N) is 1. The second kappa shape index (κ2) is 13.3. The molecule has 1 heterocycles. The molecule has 3 rings (SSSR count). The van der Waals surface area contributed by atoms with Crippen molar-refractivity contribution in [2.45, 2.75) is 71.0 Å². The van der Waals surface area contributed by atoms with Gasteiger partial charge >= 0.3 is 0 Å². The zero-order chi connectivity index (χ0) is 25.2. The third-order valence-corrected chi connectivity index (χ3v) is 6.80. The predicted molar refractivity (Wildman–Crippen MR) is 140 cm³/mol. The Morgan fingerprint density at radius 2 is 1.54 bits per heavy atom. The molecule has 2 N–H and O–H groups in total. The Bertz CT molecular complexity index is 922. The molecule has 2 aromatic carbocycles. The molecule has 35 heavy (non-hydrogen) atoms. The van der Waals surface area contributed by atoms with Crippen LogP contribution in [0.3, 0.4) is 0 Å². The fourth-order valence-corrected chi connectivity index (χ4v) is 4.95. The molecule has 0 radical (unpaired) electrons. The lowest BCUT2D eigenvalue weighted by Crippen LogP contribution is -2.52. The Morgan fingerprint density at radius 3 is 2.09 bits per heavy atom. The Balaban J connectivity index is 2.04. The molecule has 0 bridgehead atoms. The van der Waals surface area contributed by atoms with Gasteiger partial charge in [-0.3, -0.25) is 14.5 Å². The van der Waals surface area contributed by atoms with Crippen LogP contribution >= 0.6 is 0 Å². The van der Waals surface area contributed by atoms with Crippen LogP contribution in [0.4, 0.5) is 0 Å². The van der Waals surface area contributed by atoms with Crippen molar-refractivity contribution in [2.75, 3.05) is 20.2 Å². The minimum atomic E-state index is -0.668. The van der Waals surface area contributed by atoms with Gasteiger partial charge in [-0.2, -0.15) is 0 Å². The van der Waals surface area contributed by atoms with Crippen molar-refractivity contribution in [3.05, 3.63) is 65.7 Å². The molecule has 1 saturated heterocycles. The zero-order valence-electron chi connectivity index (χ0n) is 21.5. The third-order valence-electron chi connectivity index (χ3n) is 6.80. The van der Waals surface area contributed by atoms with Crippen molar-refractivity contribution < 1.29 is 14.3 Å². The number of hydrogen-bond acceptors (Lipinski definition) is 4. The lowest BCUT2D eigenvalue weighted by atomic mass is 9.96. The summed E-state index contributed by atoms with van der Waals surface area (Å²) < 4.78 is 5.36. The average molecular weight is 480 g/mol. The molecule has 0 aromatic heterocycles. The van der Waals surface area contributed by atoms with Crippen molar-refractivity contribution in [1.29, 1.82) is 0 Å². The molecule has 0 spiro atoms. The van der Waals surface area contributed by atoms with Gasteiger partial charge < -0.3 is 15.4 Å². The second-order valence-corrected chi connectivity index (χ2v) is 9.98. The minimum Gasteiger partial charge on any atom is -0.497 e. The van der Waals surface area contributed by atoms with Crippen molar-refractivity contribution in [2.24, 2.45) is 11.7 Å². The minimum absolute atomic E-state index is 0.0657. The summed E-state index contributed by atoms with van der Waals surface area (Å²) in [4.78, 5) is 31.2. The van der Waals surface area contributed by atoms with Crippen molar-refractivity contribution >= 4 is 11.8 Å². The second-order valence-electron chi connectivity index (χ2n) is 9.98. The first-order chi connectivity index (χ1) is 16.9. The number of benzene rings is 2. The standard InChI is InChI=1S/C29H41N3O3/c1-22(2)20-26(28(30)33)32(21-23-12-8-7-9-13-23)29(34)27(24-14-16-25(35-3)17-15-24)31-18-10-5-4-6-11-19-31/h7-9,12-17,22,26-27H,4-6,10-11,18-21H2,1-3H3,(H2,30,33). The maximum Gasteiger partial charge on any atom is 0.245 e. The van der Waals surface area contributed by atoms with Crippen molar-refractivity contribution in [1.82, 2.24) is 9.80 Å². The van der Waals surface area contributed by atoms with E-state index in [1.807, 2.05) is 54.6 Å². The van der Waals surface area contributed by atoms with Crippen molar-refractivity contribution in [3.8, 4) is 5.75 Å². The van der Waals surface area contributed by atoms with Crippen LogP contribution in [0.15, 0.2) is 54.6 Å². The zero-order valence-corrected chi connectivity index (χ0v) is 21.5. The van der Waals surface area contributed by atoms with Gasteiger partial charge in [-0.1, -0.05) is 75.6 Å². The molecule has 2 amide bonds. The Kier molecular flexibility index (Phi) is 10.2. The van der Waals surface area contributed by atoms with Crippen LogP contribution < -0.4 is 10.5 Å². The number of methoxy groups -OCH3 is 1. The first-order valence-electron chi connectivity index (χ1n) is 12.9. The number of nitrogens with zero attached hydrogens (tertiary/aromatic N) is 2. The topological polar surface area (TPSA) is 75.9 Å². The van der Waals surface area contributed by atoms with Crippen molar-refractivity contribution in [3.63, 3.8) is 0 Å². The summed E-state index contributed by atoms with van der Waals surface area (Å²) in [6.07, 6.45) is 6.24. The van der Waals surface area contributed by atoms with Crippen LogP contribution in [-0.2, 0) is 16.1 Å². The number of hydrogen-bond donors (Lipinski definition) is 1. The molecule has 6 heteroatoms. The van der Waals surface area contributed by atoms with Crippen LogP contribution in [0.25, 0.3) is 0 Å². The highest BCUT2D eigenvalue weighted by Crippen LogP contribution is 2.30. The van der Waals surface area contributed by atoms with E-state index in [1.54, 1.807) is 12.0 Å². The van der Waals surface area contributed by atoms with E-state index in [2.05, 4.69) is 18.7 Å². The Labute approximate surface area is 210 Å². The van der Waals surface area contributed by atoms with E-state index < -0.39 is 18.0 Å². The summed E-state index contributed by atoms with van der Waals surface area (Å²) in [6, 6.07) is 16.5. The molecule has 0 aliphatic carbocycles. The molecule has 0 saturated carbocycles. The van der Waals surface area contributed by atoms with Gasteiger partial charge in [0.25, 0.3) is 0 Å². The smallest absolute Gasteiger partial charge is 0.245 e. The van der Waals surface area contributed by atoms with Gasteiger partial charge in [-0.05, 0) is 61.5 Å². The molecule has 190 valence electrons. The van der Waals surface area contributed by atoms with Crippen LogP contribution in [0.1, 0.15) is 69.5 Å². The van der Waals surface area contributed by atoms with Gasteiger partial charge in [0.05, 0.1) is 7.11 Å². The highest BCUT2D eigenvalue weighted by atomic mass is 16.5. The van der Waals surface area contributed by atoms with Gasteiger partial charge in [0.15, 0.2) is 0 Å². The molecule has 2 unspecified atom stereocenters. The quantitative estimate of drug-likeness (QED) is 0.524. The van der Waals surface area contributed by atoms with Gasteiger partial charge in [0, 0.05) is 6.54 Å². The number of carbonyl (C=O) groups is 2. The molecule has 1 aliphatic rings. The van der Waals surface area contributed by atoms with Gasteiger partial charge in [-0.25, -0.2) is 0 Å². The molecule has 6 nitrogen and oxygen atoms in total. The molecular weight excluding hydrogens is 438 g/mol. The SMILES string of the molecule is COc1ccc(C(C(=O)N(Cc2ccccc2)C(CC(C)C)C(N)=O)N2CCCCCCC2)cc1. The number of rotatable bonds is 10. The van der Waals surface area contributed by atoms with Gasteiger partial charge in [0.1, 0.15) is 17.8 Å². The largest absolute Gasteiger partial charge is 0.497 e. The molecule has 1 aliphatic heterocycles. The van der Waals surface area contributed by atoms with E-state index in [0.717, 1.165) is 42.8 Å². The van der Waals surface area contributed by atoms with Crippen LogP contribution in [0.2, 0.25) is 0 Å². The Hall–Kier alpha value is -2.86. The van der Waals surface area contributed by atoms with E-state index in [9.17, 15) is 9.59 Å². The summed E-state index contributed by atoms with van der Waals surface area (Å²) >= 11 is 0. The van der Waals surface area contributed by atoms with E-state index in [4.69, 9.17) is 10.5 Å². The summed E-state index contributed by atoms with van der Waals surface area (Å²) in [5.74, 6) is 0.455. The van der Waals surface area contributed by atoms with E-state index in [0.29, 0.717) is 13.0 Å². The first kappa shape index (κ1) is 26.7. The summed E-state index contributed by atoms with van der Waals surface area (Å²) in [7, 11) is 1.64. The monoisotopic (exact) mass is 479 g/mol. The maximum atomic E-state index is 14.5. The number of amides is 2. The number of ether oxygens (including phenoxy) is 1. The van der Waals surface area contributed by atoms with E-state index >= 15 is 0 Å². The van der Waals surface area contributed by atoms with E-state index in [1.165, 1.54) is 19.3 Å². The molecular formula is C29H41N3O3. The summed E-state index contributed by atoms with van der Waals surface area (Å²) in [6.45, 7) is 6.17. The summed E-state index contributed by atoms with van der Waals surface area (Å²) in [5, 5.41) is 0. The predicted octanol–water partition coefficient (Wildman–Crippen LogP) is 4.93.